The predicted molar refractivity (Wildman–Crippen MR) is 94.1 cm³/mol. The van der Waals surface area contributed by atoms with Crippen LogP contribution < -0.4 is 0 Å². The highest BCUT2D eigenvalue weighted by atomic mass is 16.1. The van der Waals surface area contributed by atoms with Crippen molar-refractivity contribution >= 4 is 17.7 Å². The topological polar surface area (TPSA) is 77.3 Å². The van der Waals surface area contributed by atoms with Gasteiger partial charge >= 0.3 is 0 Å². The number of amidine groups is 1. The summed E-state index contributed by atoms with van der Waals surface area (Å²) in [6, 6.07) is 0. The van der Waals surface area contributed by atoms with Gasteiger partial charge in [-0.3, -0.25) is 19.7 Å². The molecule has 0 saturated carbocycles. The third-order valence-corrected chi connectivity index (χ3v) is 5.07. The van der Waals surface area contributed by atoms with Crippen LogP contribution in [0.2, 0.25) is 0 Å². The molecule has 2 fully saturated rings. The summed E-state index contributed by atoms with van der Waals surface area (Å²) >= 11 is 0. The van der Waals surface area contributed by atoms with E-state index in [-0.39, 0.29) is 11.8 Å². The van der Waals surface area contributed by atoms with Crippen LogP contribution in [0.25, 0.3) is 0 Å². The Bertz CT molecular complexity index is 694. The summed E-state index contributed by atoms with van der Waals surface area (Å²) in [5.41, 5.74) is 0.980. The lowest BCUT2D eigenvalue weighted by Crippen LogP contribution is -2.51. The first-order valence-electron chi connectivity index (χ1n) is 8.85. The Labute approximate surface area is 147 Å². The number of hydrogen-bond acceptors (Lipinski definition) is 7. The first kappa shape index (κ1) is 16.1. The molecule has 1 amide bonds. The monoisotopic (exact) mass is 341 g/mol. The SMILES string of the molecule is CN1CCCC2C(=O)N=C(N3CCN(Cc4cnccn4)CC3)N=C21. The smallest absolute Gasteiger partial charge is 0.259 e. The molecular formula is C17H23N7O. The van der Waals surface area contributed by atoms with Crippen molar-refractivity contribution in [2.45, 2.75) is 19.4 Å². The minimum Gasteiger partial charge on any atom is -0.362 e. The van der Waals surface area contributed by atoms with Crippen LogP contribution in [0.15, 0.2) is 28.6 Å². The Hall–Kier alpha value is -2.35. The van der Waals surface area contributed by atoms with Crippen LogP contribution in [0.1, 0.15) is 18.5 Å². The second kappa shape index (κ2) is 6.87. The molecule has 0 bridgehead atoms. The number of guanidine groups is 1. The van der Waals surface area contributed by atoms with Crippen molar-refractivity contribution in [2.24, 2.45) is 15.9 Å². The Morgan fingerprint density at radius 1 is 1.12 bits per heavy atom. The van der Waals surface area contributed by atoms with Gasteiger partial charge in [-0.25, -0.2) is 0 Å². The van der Waals surface area contributed by atoms with E-state index in [0.717, 1.165) is 63.6 Å². The maximum absolute atomic E-state index is 12.4. The lowest BCUT2D eigenvalue weighted by atomic mass is 9.95. The molecule has 1 aromatic rings. The molecule has 3 aliphatic heterocycles. The number of nitrogens with zero attached hydrogens (tertiary/aromatic N) is 7. The van der Waals surface area contributed by atoms with Gasteiger partial charge in [0.2, 0.25) is 5.96 Å². The van der Waals surface area contributed by atoms with Crippen LogP contribution in [0.3, 0.4) is 0 Å². The van der Waals surface area contributed by atoms with E-state index < -0.39 is 0 Å². The molecule has 132 valence electrons. The Morgan fingerprint density at radius 2 is 1.96 bits per heavy atom. The normalized spacial score (nSPS) is 24.7. The molecule has 1 unspecified atom stereocenters. The Kier molecular flexibility index (Phi) is 4.44. The zero-order valence-corrected chi connectivity index (χ0v) is 14.5. The molecule has 1 atom stereocenters. The predicted octanol–water partition coefficient (Wildman–Crippen LogP) is 0.231. The molecule has 3 aliphatic rings. The number of piperidine rings is 1. The van der Waals surface area contributed by atoms with Crippen molar-refractivity contribution in [3.63, 3.8) is 0 Å². The number of likely N-dealkylation sites (tertiary alicyclic amines) is 1. The fourth-order valence-corrected chi connectivity index (χ4v) is 3.63. The minimum atomic E-state index is -0.138. The van der Waals surface area contributed by atoms with E-state index in [2.05, 4.69) is 29.7 Å². The van der Waals surface area contributed by atoms with E-state index in [1.807, 2.05) is 7.05 Å². The molecule has 0 radical (unpaired) electrons. The van der Waals surface area contributed by atoms with Crippen molar-refractivity contribution < 1.29 is 4.79 Å². The van der Waals surface area contributed by atoms with Gasteiger partial charge in [-0.2, -0.15) is 9.98 Å². The number of piperazine rings is 1. The van der Waals surface area contributed by atoms with E-state index in [0.29, 0.717) is 5.96 Å². The summed E-state index contributed by atoms with van der Waals surface area (Å²) in [6.07, 6.45) is 7.11. The molecule has 1 aromatic heterocycles. The molecule has 4 rings (SSSR count). The minimum absolute atomic E-state index is 0.0338. The van der Waals surface area contributed by atoms with Crippen LogP contribution in [-0.4, -0.2) is 82.1 Å². The lowest BCUT2D eigenvalue weighted by Gasteiger charge is -2.38. The molecule has 4 heterocycles. The van der Waals surface area contributed by atoms with Gasteiger partial charge in [0.1, 0.15) is 5.84 Å². The summed E-state index contributed by atoms with van der Waals surface area (Å²) < 4.78 is 0. The molecule has 8 nitrogen and oxygen atoms in total. The van der Waals surface area contributed by atoms with E-state index >= 15 is 0 Å². The summed E-state index contributed by atoms with van der Waals surface area (Å²) in [7, 11) is 2.01. The lowest BCUT2D eigenvalue weighted by molar-refractivity contribution is -0.120. The highest BCUT2D eigenvalue weighted by Gasteiger charge is 2.35. The van der Waals surface area contributed by atoms with E-state index in [9.17, 15) is 4.79 Å². The largest absolute Gasteiger partial charge is 0.362 e. The molecular weight excluding hydrogens is 318 g/mol. The van der Waals surface area contributed by atoms with Gasteiger partial charge in [0.05, 0.1) is 11.6 Å². The third kappa shape index (κ3) is 3.39. The number of aliphatic imine (C=N–C) groups is 2. The number of amides is 1. The highest BCUT2D eigenvalue weighted by molar-refractivity contribution is 6.14. The van der Waals surface area contributed by atoms with Crippen LogP contribution in [0.5, 0.6) is 0 Å². The zero-order valence-electron chi connectivity index (χ0n) is 14.5. The van der Waals surface area contributed by atoms with Crippen molar-refractivity contribution in [3.05, 3.63) is 24.3 Å². The Morgan fingerprint density at radius 3 is 2.72 bits per heavy atom. The third-order valence-electron chi connectivity index (χ3n) is 5.07. The van der Waals surface area contributed by atoms with Gasteiger partial charge in [-0.05, 0) is 12.8 Å². The average Bonchev–Trinajstić information content (AvgIpc) is 2.64. The van der Waals surface area contributed by atoms with Crippen molar-refractivity contribution in [1.29, 1.82) is 0 Å². The van der Waals surface area contributed by atoms with Crippen LogP contribution in [0, 0.1) is 5.92 Å². The molecule has 25 heavy (non-hydrogen) atoms. The maximum Gasteiger partial charge on any atom is 0.259 e. The zero-order chi connectivity index (χ0) is 17.2. The summed E-state index contributed by atoms with van der Waals surface area (Å²) in [5, 5.41) is 0. The van der Waals surface area contributed by atoms with Gasteiger partial charge in [0.25, 0.3) is 5.91 Å². The first-order chi connectivity index (χ1) is 12.2. The molecule has 0 spiro atoms. The number of hydrogen-bond donors (Lipinski definition) is 0. The molecule has 0 aromatic carbocycles. The van der Waals surface area contributed by atoms with Gasteiger partial charge in [0, 0.05) is 64.9 Å². The molecule has 0 N–H and O–H groups in total. The van der Waals surface area contributed by atoms with Gasteiger partial charge in [-0.15, -0.1) is 0 Å². The molecule has 8 heteroatoms. The van der Waals surface area contributed by atoms with Crippen molar-refractivity contribution in [2.75, 3.05) is 39.8 Å². The first-order valence-corrected chi connectivity index (χ1v) is 8.85. The average molecular weight is 341 g/mol. The van der Waals surface area contributed by atoms with Crippen LogP contribution in [-0.2, 0) is 11.3 Å². The van der Waals surface area contributed by atoms with Crippen LogP contribution >= 0.6 is 0 Å². The van der Waals surface area contributed by atoms with Crippen molar-refractivity contribution in [1.82, 2.24) is 24.7 Å². The van der Waals surface area contributed by atoms with Crippen molar-refractivity contribution in [3.8, 4) is 0 Å². The second-order valence-corrected chi connectivity index (χ2v) is 6.80. The number of fused-ring (bicyclic) bond motifs is 1. The van der Waals surface area contributed by atoms with Gasteiger partial charge < -0.3 is 9.80 Å². The molecule has 2 saturated heterocycles. The second-order valence-electron chi connectivity index (χ2n) is 6.80. The van der Waals surface area contributed by atoms with E-state index in [1.165, 1.54) is 0 Å². The van der Waals surface area contributed by atoms with Gasteiger partial charge in [-0.1, -0.05) is 0 Å². The van der Waals surface area contributed by atoms with E-state index in [4.69, 9.17) is 4.99 Å². The van der Waals surface area contributed by atoms with Gasteiger partial charge in [0.15, 0.2) is 0 Å². The quantitative estimate of drug-likeness (QED) is 0.766. The number of aromatic nitrogens is 2. The highest BCUT2D eigenvalue weighted by Crippen LogP contribution is 2.23. The number of rotatable bonds is 2. The fraction of sp³-hybridized carbons (Fsp3) is 0.588. The summed E-state index contributed by atoms with van der Waals surface area (Å²) in [4.78, 5) is 36.4. The number of carbonyl (C=O) groups is 1. The maximum atomic E-state index is 12.4. The Balaban J connectivity index is 1.40. The summed E-state index contributed by atoms with van der Waals surface area (Å²) in [5.74, 6) is 1.31. The molecule has 0 aliphatic carbocycles. The number of carbonyl (C=O) groups excluding carboxylic acids is 1. The van der Waals surface area contributed by atoms with Crippen LogP contribution in [0.4, 0.5) is 0 Å². The fourth-order valence-electron chi connectivity index (χ4n) is 3.63. The summed E-state index contributed by atoms with van der Waals surface area (Å²) in [6.45, 7) is 5.19. The van der Waals surface area contributed by atoms with E-state index in [1.54, 1.807) is 18.6 Å². The standard InChI is InChI=1S/C17H23N7O/c1-22-6-2-3-14-15(22)20-17(21-16(14)25)24-9-7-23(8-10-24)12-13-11-18-4-5-19-13/h4-5,11,14H,2-3,6-10,12H2,1H3.